The Balaban J connectivity index is 2.89. The molecule has 2 N–H and O–H groups in total. The van der Waals surface area contributed by atoms with Crippen molar-refractivity contribution < 1.29 is 17.9 Å². The average Bonchev–Trinajstić information content (AvgIpc) is 2.26. The molecule has 5 nitrogen and oxygen atoms in total. The Morgan fingerprint density at radius 2 is 1.89 bits per heavy atom. The van der Waals surface area contributed by atoms with Gasteiger partial charge in [0.15, 0.2) is 9.84 Å². The van der Waals surface area contributed by atoms with Gasteiger partial charge in [-0.25, -0.2) is 8.42 Å². The molecular formula is C13H21NO4S. The van der Waals surface area contributed by atoms with Crippen molar-refractivity contribution in [3.63, 3.8) is 0 Å². The highest BCUT2D eigenvalue weighted by atomic mass is 32.2. The molecule has 0 heterocycles. The first-order valence-corrected chi connectivity index (χ1v) is 7.61. The quantitative estimate of drug-likeness (QED) is 0.836. The molecule has 0 bridgehead atoms. The summed E-state index contributed by atoms with van der Waals surface area (Å²) < 4.78 is 34.9. The van der Waals surface area contributed by atoms with Crippen molar-refractivity contribution in [3.8, 4) is 5.75 Å². The van der Waals surface area contributed by atoms with Gasteiger partial charge in [-0.2, -0.15) is 0 Å². The molecule has 1 aromatic carbocycles. The molecule has 0 aliphatic rings. The van der Waals surface area contributed by atoms with Crippen LogP contribution >= 0.6 is 0 Å². The van der Waals surface area contributed by atoms with Crippen molar-refractivity contribution in [2.45, 2.75) is 31.3 Å². The van der Waals surface area contributed by atoms with Crippen LogP contribution in [0.15, 0.2) is 23.1 Å². The van der Waals surface area contributed by atoms with Crippen molar-refractivity contribution in [2.24, 2.45) is 0 Å². The molecule has 0 radical (unpaired) electrons. The highest BCUT2D eigenvalue weighted by Gasteiger charge is 2.21. The number of methoxy groups -OCH3 is 1. The lowest BCUT2D eigenvalue weighted by Crippen LogP contribution is -2.23. The second-order valence-corrected chi connectivity index (χ2v) is 7.27. The number of nitrogens with two attached hydrogens (primary N) is 1. The molecule has 0 spiro atoms. The third-order valence-corrected chi connectivity index (χ3v) is 4.12. The van der Waals surface area contributed by atoms with Crippen LogP contribution in [0.3, 0.4) is 0 Å². The SMILES string of the molecule is COc1cc(N)ccc1S(=O)(=O)CCOC(C)(C)C. The van der Waals surface area contributed by atoms with Gasteiger partial charge in [0.1, 0.15) is 10.6 Å². The van der Waals surface area contributed by atoms with Crippen LogP contribution in [0.5, 0.6) is 5.75 Å². The van der Waals surface area contributed by atoms with Gasteiger partial charge >= 0.3 is 0 Å². The molecule has 0 atom stereocenters. The molecule has 0 unspecified atom stereocenters. The Kier molecular flexibility index (Phi) is 4.81. The van der Waals surface area contributed by atoms with Crippen molar-refractivity contribution >= 4 is 15.5 Å². The summed E-state index contributed by atoms with van der Waals surface area (Å²) in [6.45, 7) is 5.77. The maximum absolute atomic E-state index is 12.2. The van der Waals surface area contributed by atoms with E-state index in [0.717, 1.165) is 0 Å². The van der Waals surface area contributed by atoms with Crippen LogP contribution in [0.25, 0.3) is 0 Å². The number of ether oxygens (including phenoxy) is 2. The predicted molar refractivity (Wildman–Crippen MR) is 75.2 cm³/mol. The van der Waals surface area contributed by atoms with Gasteiger partial charge in [-0.3, -0.25) is 0 Å². The molecule has 0 aliphatic heterocycles. The van der Waals surface area contributed by atoms with Crippen LogP contribution < -0.4 is 10.5 Å². The minimum absolute atomic E-state index is 0.0927. The normalized spacial score (nSPS) is 12.4. The maximum Gasteiger partial charge on any atom is 0.184 e. The number of hydrogen-bond donors (Lipinski definition) is 1. The number of nitrogen functional groups attached to an aromatic ring is 1. The van der Waals surface area contributed by atoms with E-state index in [4.69, 9.17) is 15.2 Å². The van der Waals surface area contributed by atoms with E-state index in [0.29, 0.717) is 5.69 Å². The lowest BCUT2D eigenvalue weighted by molar-refractivity contribution is 0.00644. The standard InChI is InChI=1S/C13H21NO4S/c1-13(2,3)18-7-8-19(15,16)12-6-5-10(14)9-11(12)17-4/h5-6,9H,7-8,14H2,1-4H3. The van der Waals surface area contributed by atoms with E-state index in [2.05, 4.69) is 0 Å². The molecule has 0 aliphatic carbocycles. The average molecular weight is 287 g/mol. The summed E-state index contributed by atoms with van der Waals surface area (Å²) in [7, 11) is -2.03. The first kappa shape index (κ1) is 15.8. The van der Waals surface area contributed by atoms with Gasteiger partial charge in [0, 0.05) is 11.8 Å². The van der Waals surface area contributed by atoms with Crippen molar-refractivity contribution in [3.05, 3.63) is 18.2 Å². The zero-order valence-corrected chi connectivity index (χ0v) is 12.6. The maximum atomic E-state index is 12.2. The fraction of sp³-hybridized carbons (Fsp3) is 0.538. The zero-order chi connectivity index (χ0) is 14.7. The third-order valence-electron chi connectivity index (χ3n) is 2.41. The Morgan fingerprint density at radius 3 is 2.42 bits per heavy atom. The molecule has 0 amide bonds. The zero-order valence-electron chi connectivity index (χ0n) is 11.8. The van der Waals surface area contributed by atoms with Gasteiger partial charge in [0.2, 0.25) is 0 Å². The molecule has 19 heavy (non-hydrogen) atoms. The lowest BCUT2D eigenvalue weighted by atomic mass is 10.2. The number of benzene rings is 1. The van der Waals surface area contributed by atoms with E-state index in [9.17, 15) is 8.42 Å². The summed E-state index contributed by atoms with van der Waals surface area (Å²) in [6, 6.07) is 4.50. The first-order valence-electron chi connectivity index (χ1n) is 5.96. The Bertz CT molecular complexity index is 532. The monoisotopic (exact) mass is 287 g/mol. The molecular weight excluding hydrogens is 266 g/mol. The largest absolute Gasteiger partial charge is 0.495 e. The van der Waals surface area contributed by atoms with Crippen molar-refractivity contribution in [1.82, 2.24) is 0 Å². The summed E-state index contributed by atoms with van der Waals surface area (Å²) >= 11 is 0. The fourth-order valence-corrected chi connectivity index (χ4v) is 2.76. The van der Waals surface area contributed by atoms with Gasteiger partial charge in [0.05, 0.1) is 25.1 Å². The summed E-state index contributed by atoms with van der Waals surface area (Å²) in [5, 5.41) is 0. The van der Waals surface area contributed by atoms with E-state index in [-0.39, 0.29) is 28.6 Å². The second-order valence-electron chi connectivity index (χ2n) is 5.19. The Hall–Kier alpha value is -1.27. The van der Waals surface area contributed by atoms with Crippen molar-refractivity contribution in [1.29, 1.82) is 0 Å². The van der Waals surface area contributed by atoms with Crippen LogP contribution in [0.1, 0.15) is 20.8 Å². The van der Waals surface area contributed by atoms with Crippen molar-refractivity contribution in [2.75, 3.05) is 25.2 Å². The topological polar surface area (TPSA) is 78.6 Å². The minimum atomic E-state index is -3.45. The molecule has 1 rings (SSSR count). The Morgan fingerprint density at radius 1 is 1.26 bits per heavy atom. The molecule has 0 saturated carbocycles. The summed E-state index contributed by atoms with van der Waals surface area (Å²) in [5.74, 6) is 0.167. The van der Waals surface area contributed by atoms with Crippen LogP contribution in [-0.4, -0.2) is 33.5 Å². The first-order chi connectivity index (χ1) is 8.65. The summed E-state index contributed by atoms with van der Waals surface area (Å²) in [6.07, 6.45) is 0. The van der Waals surface area contributed by atoms with Crippen LogP contribution in [0.2, 0.25) is 0 Å². The third kappa shape index (κ3) is 4.72. The van der Waals surface area contributed by atoms with Gasteiger partial charge in [-0.1, -0.05) is 0 Å². The minimum Gasteiger partial charge on any atom is -0.495 e. The van der Waals surface area contributed by atoms with Gasteiger partial charge in [-0.05, 0) is 32.9 Å². The van der Waals surface area contributed by atoms with E-state index >= 15 is 0 Å². The number of sulfone groups is 1. The highest BCUT2D eigenvalue weighted by molar-refractivity contribution is 7.91. The van der Waals surface area contributed by atoms with E-state index in [1.54, 1.807) is 6.07 Å². The highest BCUT2D eigenvalue weighted by Crippen LogP contribution is 2.27. The van der Waals surface area contributed by atoms with Crippen LogP contribution in [0, 0.1) is 0 Å². The smallest absolute Gasteiger partial charge is 0.184 e. The summed E-state index contributed by atoms with van der Waals surface area (Å²) in [5.41, 5.74) is 5.70. The molecule has 0 aromatic heterocycles. The number of hydrogen-bond acceptors (Lipinski definition) is 5. The van der Waals surface area contributed by atoms with E-state index in [1.165, 1.54) is 19.2 Å². The van der Waals surface area contributed by atoms with Gasteiger partial charge in [0.25, 0.3) is 0 Å². The second kappa shape index (κ2) is 5.79. The van der Waals surface area contributed by atoms with E-state index < -0.39 is 9.84 Å². The molecule has 108 valence electrons. The Labute approximate surface area is 114 Å². The number of rotatable bonds is 5. The van der Waals surface area contributed by atoms with Gasteiger partial charge < -0.3 is 15.2 Å². The molecule has 6 heteroatoms. The van der Waals surface area contributed by atoms with Gasteiger partial charge in [-0.15, -0.1) is 0 Å². The predicted octanol–water partition coefficient (Wildman–Crippen LogP) is 1.87. The van der Waals surface area contributed by atoms with Crippen LogP contribution in [0.4, 0.5) is 5.69 Å². The van der Waals surface area contributed by atoms with Crippen LogP contribution in [-0.2, 0) is 14.6 Å². The summed E-state index contributed by atoms with van der Waals surface area (Å²) in [4.78, 5) is 0.140. The number of anilines is 1. The van der Waals surface area contributed by atoms with E-state index in [1.807, 2.05) is 20.8 Å². The lowest BCUT2D eigenvalue weighted by Gasteiger charge is -2.19. The molecule has 1 aromatic rings. The fourth-order valence-electron chi connectivity index (χ4n) is 1.51. The molecule has 0 fully saturated rings. The molecule has 0 saturated heterocycles.